The van der Waals surface area contributed by atoms with E-state index in [2.05, 4.69) is 10.2 Å². The third-order valence-corrected chi connectivity index (χ3v) is 7.33. The van der Waals surface area contributed by atoms with E-state index >= 15 is 0 Å². The number of nitrogens with one attached hydrogen (secondary N) is 1. The Bertz CT molecular complexity index is 1150. The molecule has 2 aromatic carbocycles. The predicted octanol–water partition coefficient (Wildman–Crippen LogP) is 2.57. The highest BCUT2D eigenvalue weighted by molar-refractivity contribution is 6.26. The predicted molar refractivity (Wildman–Crippen MR) is 107 cm³/mol. The maximum absolute atomic E-state index is 14.5. The van der Waals surface area contributed by atoms with Gasteiger partial charge in [0, 0.05) is 17.3 Å². The molecule has 0 bridgehead atoms. The minimum Gasteiger partial charge on any atom is -0.324 e. The number of nitrogens with zero attached hydrogens (tertiary/aromatic N) is 2. The third-order valence-electron chi connectivity index (χ3n) is 7.33. The number of hydrogen-bond donors (Lipinski definition) is 1. The van der Waals surface area contributed by atoms with Gasteiger partial charge in [0.2, 0.25) is 17.7 Å². The number of aryl methyl sites for hydroxylation is 1. The molecule has 3 amide bonds. The van der Waals surface area contributed by atoms with Gasteiger partial charge in [-0.15, -0.1) is 0 Å². The summed E-state index contributed by atoms with van der Waals surface area (Å²) in [5, 5.41) is 2.99. The summed E-state index contributed by atoms with van der Waals surface area (Å²) in [6, 6.07) is 11.3. The Balaban J connectivity index is 1.59. The molecule has 152 valence electrons. The van der Waals surface area contributed by atoms with Gasteiger partial charge >= 0.3 is 0 Å². The molecule has 0 radical (unpaired) electrons. The van der Waals surface area contributed by atoms with Crippen LogP contribution in [0.15, 0.2) is 42.5 Å². The molecule has 4 aliphatic rings. The van der Waals surface area contributed by atoms with E-state index in [0.29, 0.717) is 6.54 Å². The Kier molecular flexibility index (Phi) is 3.41. The first kappa shape index (κ1) is 17.8. The van der Waals surface area contributed by atoms with Crippen molar-refractivity contribution in [2.24, 2.45) is 11.8 Å². The highest BCUT2D eigenvalue weighted by Gasteiger charge is 2.74. The zero-order valence-corrected chi connectivity index (χ0v) is 16.4. The molecule has 0 aliphatic carbocycles. The highest BCUT2D eigenvalue weighted by atomic mass is 19.1. The third kappa shape index (κ3) is 1.85. The molecule has 0 saturated carbocycles. The van der Waals surface area contributed by atoms with Crippen LogP contribution in [0.2, 0.25) is 0 Å². The Morgan fingerprint density at radius 1 is 1.07 bits per heavy atom. The Morgan fingerprint density at radius 3 is 2.67 bits per heavy atom. The van der Waals surface area contributed by atoms with Crippen molar-refractivity contribution in [3.05, 3.63) is 59.4 Å². The van der Waals surface area contributed by atoms with Crippen LogP contribution >= 0.6 is 0 Å². The molecule has 2 aromatic rings. The van der Waals surface area contributed by atoms with Gasteiger partial charge in [-0.2, -0.15) is 0 Å². The van der Waals surface area contributed by atoms with Crippen LogP contribution in [0.25, 0.3) is 0 Å². The number of carbonyl (C=O) groups is 3. The standard InChI is InChI=1S/C23H20FN3O3/c1-12-6-4-7-13-19(12)25-22(30)23(13)18-17(16-10-5-11-26(16)23)20(28)27(21(18)29)15-9-3-2-8-14(15)24/h2-4,6-9,16-18H,5,10-11H2,1H3,(H,25,30)/t16-,17-,18-,23-/m1/s1. The van der Waals surface area contributed by atoms with Crippen molar-refractivity contribution in [1.82, 2.24) is 4.90 Å². The lowest BCUT2D eigenvalue weighted by atomic mass is 9.75. The van der Waals surface area contributed by atoms with Gasteiger partial charge in [0.15, 0.2) is 0 Å². The lowest BCUT2D eigenvalue weighted by Gasteiger charge is -2.36. The van der Waals surface area contributed by atoms with Crippen molar-refractivity contribution in [2.75, 3.05) is 16.8 Å². The van der Waals surface area contributed by atoms with Crippen LogP contribution in [0, 0.1) is 24.6 Å². The fraction of sp³-hybridized carbons (Fsp3) is 0.348. The Labute approximate surface area is 172 Å². The van der Waals surface area contributed by atoms with Crippen molar-refractivity contribution in [3.63, 3.8) is 0 Å². The SMILES string of the molecule is Cc1cccc2c1NC(=O)[C@]21[C@H]2C(=O)N(c3ccccc3F)C(=O)[C@@H]2[C@H]2CCCN21. The summed E-state index contributed by atoms with van der Waals surface area (Å²) >= 11 is 0. The highest BCUT2D eigenvalue weighted by Crippen LogP contribution is 2.61. The summed E-state index contributed by atoms with van der Waals surface area (Å²) < 4.78 is 14.5. The molecule has 4 heterocycles. The molecular formula is C23H20FN3O3. The first-order valence-corrected chi connectivity index (χ1v) is 10.3. The summed E-state index contributed by atoms with van der Waals surface area (Å²) in [7, 11) is 0. The largest absolute Gasteiger partial charge is 0.324 e. The molecule has 0 unspecified atom stereocenters. The normalized spacial score (nSPS) is 32.0. The minimum absolute atomic E-state index is 0.0375. The van der Waals surface area contributed by atoms with Crippen LogP contribution in [0.4, 0.5) is 15.8 Å². The number of carbonyl (C=O) groups excluding carboxylic acids is 3. The van der Waals surface area contributed by atoms with Gasteiger partial charge in [0.25, 0.3) is 0 Å². The number of hydrogen-bond acceptors (Lipinski definition) is 4. The van der Waals surface area contributed by atoms with E-state index in [4.69, 9.17) is 0 Å². The average molecular weight is 405 g/mol. The number of benzene rings is 2. The maximum atomic E-state index is 14.5. The van der Waals surface area contributed by atoms with Crippen molar-refractivity contribution in [3.8, 4) is 0 Å². The van der Waals surface area contributed by atoms with Crippen LogP contribution in [-0.2, 0) is 19.9 Å². The summed E-state index contributed by atoms with van der Waals surface area (Å²) in [5.74, 6) is -3.30. The molecule has 6 rings (SSSR count). The van der Waals surface area contributed by atoms with E-state index in [1.54, 1.807) is 6.07 Å². The zero-order valence-electron chi connectivity index (χ0n) is 16.4. The number of anilines is 2. The Morgan fingerprint density at radius 2 is 1.87 bits per heavy atom. The minimum atomic E-state index is -1.22. The first-order chi connectivity index (χ1) is 14.5. The second-order valence-corrected chi connectivity index (χ2v) is 8.59. The molecule has 4 atom stereocenters. The van der Waals surface area contributed by atoms with Crippen molar-refractivity contribution in [2.45, 2.75) is 31.3 Å². The second kappa shape index (κ2) is 5.76. The van der Waals surface area contributed by atoms with E-state index in [0.717, 1.165) is 34.6 Å². The number of para-hydroxylation sites is 2. The van der Waals surface area contributed by atoms with E-state index in [9.17, 15) is 18.8 Å². The molecule has 3 saturated heterocycles. The van der Waals surface area contributed by atoms with E-state index < -0.39 is 35.0 Å². The van der Waals surface area contributed by atoms with Gasteiger partial charge in [-0.1, -0.05) is 30.3 Å². The molecule has 7 heteroatoms. The lowest BCUT2D eigenvalue weighted by molar-refractivity contribution is -0.135. The van der Waals surface area contributed by atoms with E-state index in [-0.39, 0.29) is 17.6 Å². The number of rotatable bonds is 1. The molecule has 6 nitrogen and oxygen atoms in total. The molecule has 0 aromatic heterocycles. The maximum Gasteiger partial charge on any atom is 0.250 e. The molecular weight excluding hydrogens is 385 g/mol. The van der Waals surface area contributed by atoms with Crippen molar-refractivity contribution < 1.29 is 18.8 Å². The number of imide groups is 1. The summed E-state index contributed by atoms with van der Waals surface area (Å²) in [5.41, 5.74) is 1.13. The summed E-state index contributed by atoms with van der Waals surface area (Å²) in [4.78, 5) is 43.8. The monoisotopic (exact) mass is 405 g/mol. The summed E-state index contributed by atoms with van der Waals surface area (Å²) in [6.07, 6.45) is 1.59. The van der Waals surface area contributed by atoms with Gasteiger partial charge < -0.3 is 5.32 Å². The first-order valence-electron chi connectivity index (χ1n) is 10.3. The Hall–Kier alpha value is -3.06. The van der Waals surface area contributed by atoms with Crippen molar-refractivity contribution in [1.29, 1.82) is 0 Å². The average Bonchev–Trinajstić information content (AvgIpc) is 3.42. The van der Waals surface area contributed by atoms with Crippen LogP contribution in [0.3, 0.4) is 0 Å². The second-order valence-electron chi connectivity index (χ2n) is 8.59. The number of fused-ring (bicyclic) bond motifs is 7. The number of amides is 3. The smallest absolute Gasteiger partial charge is 0.250 e. The molecule has 30 heavy (non-hydrogen) atoms. The fourth-order valence-corrected chi connectivity index (χ4v) is 6.25. The molecule has 3 fully saturated rings. The van der Waals surface area contributed by atoms with Gasteiger partial charge in [-0.05, 0) is 44.0 Å². The van der Waals surface area contributed by atoms with Crippen LogP contribution < -0.4 is 10.2 Å². The zero-order chi connectivity index (χ0) is 20.8. The quantitative estimate of drug-likeness (QED) is 0.741. The van der Waals surface area contributed by atoms with Crippen LogP contribution in [0.5, 0.6) is 0 Å². The van der Waals surface area contributed by atoms with E-state index in [1.165, 1.54) is 18.2 Å². The number of halogens is 1. The van der Waals surface area contributed by atoms with Crippen molar-refractivity contribution >= 4 is 29.1 Å². The lowest BCUT2D eigenvalue weighted by Crippen LogP contribution is -2.54. The molecule has 4 aliphatic heterocycles. The molecule has 1 spiro atoms. The van der Waals surface area contributed by atoms with Gasteiger partial charge in [0.05, 0.1) is 17.5 Å². The fourth-order valence-electron chi connectivity index (χ4n) is 6.25. The van der Waals surface area contributed by atoms with Crippen LogP contribution in [0.1, 0.15) is 24.0 Å². The van der Waals surface area contributed by atoms with E-state index in [1.807, 2.05) is 25.1 Å². The van der Waals surface area contributed by atoms with Gasteiger partial charge in [-0.25, -0.2) is 9.29 Å². The summed E-state index contributed by atoms with van der Waals surface area (Å²) in [6.45, 7) is 2.57. The topological polar surface area (TPSA) is 69.7 Å². The van der Waals surface area contributed by atoms with Gasteiger partial charge in [0.1, 0.15) is 11.4 Å². The van der Waals surface area contributed by atoms with Crippen LogP contribution in [-0.4, -0.2) is 35.2 Å². The molecule has 1 N–H and O–H groups in total. The van der Waals surface area contributed by atoms with Gasteiger partial charge in [-0.3, -0.25) is 19.3 Å².